The Morgan fingerprint density at radius 2 is 1.60 bits per heavy atom. The van der Waals surface area contributed by atoms with Gasteiger partial charge in [-0.05, 0) is 51.9 Å². The zero-order chi connectivity index (χ0) is 14.5. The summed E-state index contributed by atoms with van der Waals surface area (Å²) in [7, 11) is 1.73. The van der Waals surface area contributed by atoms with Crippen molar-refractivity contribution in [3.05, 3.63) is 0 Å². The molecular weight excluding hydrogens is 254 g/mol. The van der Waals surface area contributed by atoms with Crippen LogP contribution in [0.5, 0.6) is 0 Å². The lowest BCUT2D eigenvalue weighted by Crippen LogP contribution is -2.33. The van der Waals surface area contributed by atoms with E-state index in [9.17, 15) is 0 Å². The van der Waals surface area contributed by atoms with E-state index >= 15 is 0 Å². The number of ether oxygens (including phenoxy) is 2. The SMILES string of the molecule is COCCCOCCN1CCCN(CCCCN)CC1. The van der Waals surface area contributed by atoms with Crippen molar-refractivity contribution in [3.8, 4) is 0 Å². The molecule has 0 unspecified atom stereocenters. The van der Waals surface area contributed by atoms with Gasteiger partial charge < -0.3 is 20.1 Å². The third-order valence-electron chi connectivity index (χ3n) is 3.80. The van der Waals surface area contributed by atoms with Crippen LogP contribution in [0, 0.1) is 0 Å². The molecule has 0 aromatic heterocycles. The highest BCUT2D eigenvalue weighted by molar-refractivity contribution is 4.69. The predicted octanol–water partition coefficient (Wildman–Crippen LogP) is 0.786. The first kappa shape index (κ1) is 17.9. The van der Waals surface area contributed by atoms with Gasteiger partial charge in [-0.15, -0.1) is 0 Å². The Labute approximate surface area is 124 Å². The molecule has 1 aliphatic rings. The Balaban J connectivity index is 2.01. The zero-order valence-corrected chi connectivity index (χ0v) is 13.2. The maximum absolute atomic E-state index is 5.64. The van der Waals surface area contributed by atoms with Gasteiger partial charge in [-0.3, -0.25) is 4.90 Å². The molecular formula is C15H33N3O2. The second kappa shape index (κ2) is 12.5. The third kappa shape index (κ3) is 8.87. The molecule has 0 aromatic rings. The topological polar surface area (TPSA) is 51.0 Å². The summed E-state index contributed by atoms with van der Waals surface area (Å²) in [5.41, 5.74) is 5.55. The lowest BCUT2D eigenvalue weighted by molar-refractivity contribution is 0.0844. The van der Waals surface area contributed by atoms with Crippen LogP contribution >= 0.6 is 0 Å². The fourth-order valence-corrected chi connectivity index (χ4v) is 2.55. The highest BCUT2D eigenvalue weighted by Crippen LogP contribution is 2.04. The van der Waals surface area contributed by atoms with E-state index in [0.29, 0.717) is 0 Å². The van der Waals surface area contributed by atoms with Crippen molar-refractivity contribution in [2.75, 3.05) is 72.7 Å². The van der Waals surface area contributed by atoms with Crippen molar-refractivity contribution >= 4 is 0 Å². The molecule has 1 aliphatic heterocycles. The summed E-state index contributed by atoms with van der Waals surface area (Å²) in [6.07, 6.45) is 4.65. The van der Waals surface area contributed by atoms with Crippen LogP contribution in [-0.4, -0.2) is 82.5 Å². The monoisotopic (exact) mass is 287 g/mol. The molecule has 0 atom stereocenters. The van der Waals surface area contributed by atoms with E-state index in [-0.39, 0.29) is 0 Å². The minimum Gasteiger partial charge on any atom is -0.385 e. The fourth-order valence-electron chi connectivity index (χ4n) is 2.55. The molecule has 0 amide bonds. The van der Waals surface area contributed by atoms with Gasteiger partial charge in [0, 0.05) is 40.0 Å². The number of methoxy groups -OCH3 is 1. The summed E-state index contributed by atoms with van der Waals surface area (Å²) in [6, 6.07) is 0. The molecule has 0 bridgehead atoms. The molecule has 5 heteroatoms. The van der Waals surface area contributed by atoms with Crippen molar-refractivity contribution < 1.29 is 9.47 Å². The smallest absolute Gasteiger partial charge is 0.0593 e. The van der Waals surface area contributed by atoms with Crippen LogP contribution in [-0.2, 0) is 9.47 Å². The van der Waals surface area contributed by atoms with Gasteiger partial charge in [0.15, 0.2) is 0 Å². The molecule has 0 radical (unpaired) electrons. The molecule has 0 aromatic carbocycles. The molecule has 1 rings (SSSR count). The van der Waals surface area contributed by atoms with E-state index < -0.39 is 0 Å². The molecule has 0 aliphatic carbocycles. The second-order valence-corrected chi connectivity index (χ2v) is 5.49. The van der Waals surface area contributed by atoms with Crippen LogP contribution in [0.2, 0.25) is 0 Å². The van der Waals surface area contributed by atoms with E-state index in [4.69, 9.17) is 15.2 Å². The van der Waals surface area contributed by atoms with Crippen LogP contribution in [0.3, 0.4) is 0 Å². The number of nitrogens with two attached hydrogens (primary N) is 1. The van der Waals surface area contributed by atoms with Crippen molar-refractivity contribution in [3.63, 3.8) is 0 Å². The first-order valence-electron chi connectivity index (χ1n) is 8.08. The van der Waals surface area contributed by atoms with Crippen LogP contribution in [0.25, 0.3) is 0 Å². The summed E-state index contributed by atoms with van der Waals surface area (Å²) in [4.78, 5) is 5.11. The maximum Gasteiger partial charge on any atom is 0.0593 e. The Bertz CT molecular complexity index is 217. The van der Waals surface area contributed by atoms with Gasteiger partial charge in [0.2, 0.25) is 0 Å². The van der Waals surface area contributed by atoms with Crippen LogP contribution < -0.4 is 5.73 Å². The minimum atomic E-state index is 0.793. The van der Waals surface area contributed by atoms with Crippen molar-refractivity contribution in [1.82, 2.24) is 9.80 Å². The van der Waals surface area contributed by atoms with Crippen LogP contribution in [0.1, 0.15) is 25.7 Å². The minimum absolute atomic E-state index is 0.793. The number of nitrogens with zero attached hydrogens (tertiary/aromatic N) is 2. The predicted molar refractivity (Wildman–Crippen MR) is 83.1 cm³/mol. The number of unbranched alkanes of at least 4 members (excludes halogenated alkanes) is 1. The van der Waals surface area contributed by atoms with E-state index in [1.165, 1.54) is 45.6 Å². The Morgan fingerprint density at radius 3 is 2.30 bits per heavy atom. The van der Waals surface area contributed by atoms with E-state index in [1.54, 1.807) is 7.11 Å². The fraction of sp³-hybridized carbons (Fsp3) is 1.00. The summed E-state index contributed by atoms with van der Waals surface area (Å²) in [5, 5.41) is 0. The largest absolute Gasteiger partial charge is 0.385 e. The van der Waals surface area contributed by atoms with Crippen LogP contribution in [0.4, 0.5) is 0 Å². The zero-order valence-electron chi connectivity index (χ0n) is 13.2. The summed E-state index contributed by atoms with van der Waals surface area (Å²) in [6.45, 7) is 10.3. The molecule has 2 N–H and O–H groups in total. The van der Waals surface area contributed by atoms with Crippen molar-refractivity contribution in [2.24, 2.45) is 5.73 Å². The molecule has 1 saturated heterocycles. The number of hydrogen-bond acceptors (Lipinski definition) is 5. The average molecular weight is 287 g/mol. The molecule has 0 saturated carbocycles. The third-order valence-corrected chi connectivity index (χ3v) is 3.80. The Hall–Kier alpha value is -0.200. The highest BCUT2D eigenvalue weighted by atomic mass is 16.5. The average Bonchev–Trinajstić information content (AvgIpc) is 2.69. The molecule has 5 nitrogen and oxygen atoms in total. The number of hydrogen-bond donors (Lipinski definition) is 1. The normalized spacial score (nSPS) is 18.3. The summed E-state index contributed by atoms with van der Waals surface area (Å²) < 4.78 is 10.6. The quantitative estimate of drug-likeness (QED) is 0.569. The van der Waals surface area contributed by atoms with E-state index in [0.717, 1.165) is 45.8 Å². The van der Waals surface area contributed by atoms with Gasteiger partial charge in [-0.1, -0.05) is 0 Å². The van der Waals surface area contributed by atoms with E-state index in [1.807, 2.05) is 0 Å². The molecule has 1 heterocycles. The maximum atomic E-state index is 5.64. The van der Waals surface area contributed by atoms with Gasteiger partial charge in [-0.2, -0.15) is 0 Å². The van der Waals surface area contributed by atoms with Gasteiger partial charge in [0.1, 0.15) is 0 Å². The summed E-state index contributed by atoms with van der Waals surface area (Å²) in [5.74, 6) is 0. The first-order chi connectivity index (χ1) is 9.86. The molecule has 20 heavy (non-hydrogen) atoms. The van der Waals surface area contributed by atoms with Crippen molar-refractivity contribution in [1.29, 1.82) is 0 Å². The molecule has 120 valence electrons. The van der Waals surface area contributed by atoms with Gasteiger partial charge in [0.05, 0.1) is 6.61 Å². The number of rotatable bonds is 11. The summed E-state index contributed by atoms with van der Waals surface area (Å²) >= 11 is 0. The Morgan fingerprint density at radius 1 is 0.850 bits per heavy atom. The highest BCUT2D eigenvalue weighted by Gasteiger charge is 2.13. The lowest BCUT2D eigenvalue weighted by Gasteiger charge is -2.21. The van der Waals surface area contributed by atoms with Crippen molar-refractivity contribution in [2.45, 2.75) is 25.7 Å². The van der Waals surface area contributed by atoms with Crippen LogP contribution in [0.15, 0.2) is 0 Å². The van der Waals surface area contributed by atoms with E-state index in [2.05, 4.69) is 9.80 Å². The van der Waals surface area contributed by atoms with Gasteiger partial charge in [0.25, 0.3) is 0 Å². The first-order valence-corrected chi connectivity index (χ1v) is 8.08. The van der Waals surface area contributed by atoms with Gasteiger partial charge >= 0.3 is 0 Å². The molecule has 1 fully saturated rings. The van der Waals surface area contributed by atoms with Gasteiger partial charge in [-0.25, -0.2) is 0 Å². The molecule has 0 spiro atoms. The second-order valence-electron chi connectivity index (χ2n) is 5.49. The Kier molecular flexibility index (Phi) is 11.2. The lowest BCUT2D eigenvalue weighted by atomic mass is 10.3. The standard InChI is InChI=1S/C15H33N3O2/c1-19-13-5-14-20-15-12-18-9-4-8-17(10-11-18)7-3-2-6-16/h2-16H2,1H3.